The highest BCUT2D eigenvalue weighted by atomic mass is 35.5. The van der Waals surface area contributed by atoms with Crippen LogP contribution in [0.5, 0.6) is 0 Å². The number of carbonyl (C=O) groups excluding carboxylic acids is 1. The predicted octanol–water partition coefficient (Wildman–Crippen LogP) is 6.37. The number of urea groups is 1. The lowest BCUT2D eigenvalue weighted by Crippen LogP contribution is -2.32. The maximum atomic E-state index is 12.7. The molecule has 0 saturated carbocycles. The van der Waals surface area contributed by atoms with Gasteiger partial charge in [-0.05, 0) is 36.5 Å². The van der Waals surface area contributed by atoms with Crippen molar-refractivity contribution in [2.45, 2.75) is 40.0 Å². The summed E-state index contributed by atoms with van der Waals surface area (Å²) < 4.78 is 0. The first kappa shape index (κ1) is 20.4. The van der Waals surface area contributed by atoms with E-state index in [1.54, 1.807) is 4.90 Å². The highest BCUT2D eigenvalue weighted by molar-refractivity contribution is 7.16. The Morgan fingerprint density at radius 1 is 1.04 bits per heavy atom. The molecule has 0 fully saturated rings. The van der Waals surface area contributed by atoms with Gasteiger partial charge in [0.05, 0.1) is 15.7 Å². The van der Waals surface area contributed by atoms with Crippen molar-refractivity contribution in [1.29, 1.82) is 0 Å². The fraction of sp³-hybridized carbons (Fsp3) is 0.273. The number of carbonyl (C=O) groups is 1. The third-order valence-electron chi connectivity index (χ3n) is 4.70. The van der Waals surface area contributed by atoms with Gasteiger partial charge in [-0.2, -0.15) is 0 Å². The third-order valence-corrected chi connectivity index (χ3v) is 6.21. The number of thiazole rings is 1. The van der Waals surface area contributed by atoms with Crippen molar-refractivity contribution < 1.29 is 4.79 Å². The summed E-state index contributed by atoms with van der Waals surface area (Å²) in [6, 6.07) is 13.1. The molecule has 2 N–H and O–H groups in total. The molecule has 3 rings (SSSR count). The third kappa shape index (κ3) is 3.77. The molecule has 0 atom stereocenters. The second-order valence-electron chi connectivity index (χ2n) is 6.40. The van der Waals surface area contributed by atoms with Crippen LogP contribution in [0, 0.1) is 0 Å². The number of amides is 2. The molecule has 0 bridgehead atoms. The van der Waals surface area contributed by atoms with Crippen molar-refractivity contribution in [3.63, 3.8) is 0 Å². The Bertz CT molecular complexity index is 977. The van der Waals surface area contributed by atoms with Crippen molar-refractivity contribution in [3.8, 4) is 11.3 Å². The van der Waals surface area contributed by atoms with Gasteiger partial charge in [0.25, 0.3) is 0 Å². The van der Waals surface area contributed by atoms with E-state index in [-0.39, 0.29) is 0 Å². The SMILES string of the molecule is CCc1nc(-c2ccccc2Cl)c(N(C(N)=O)c2c(CC)cccc2CC)s1. The zero-order valence-electron chi connectivity index (χ0n) is 16.3. The first-order valence-corrected chi connectivity index (χ1v) is 10.7. The van der Waals surface area contributed by atoms with Gasteiger partial charge >= 0.3 is 6.03 Å². The van der Waals surface area contributed by atoms with Gasteiger partial charge in [0.15, 0.2) is 0 Å². The van der Waals surface area contributed by atoms with E-state index in [4.69, 9.17) is 22.3 Å². The summed E-state index contributed by atoms with van der Waals surface area (Å²) in [4.78, 5) is 19.1. The lowest BCUT2D eigenvalue weighted by atomic mass is 10.0. The first-order chi connectivity index (χ1) is 13.5. The topological polar surface area (TPSA) is 59.2 Å². The molecular weight excluding hydrogens is 390 g/mol. The Labute approximate surface area is 175 Å². The molecule has 0 unspecified atom stereocenters. The number of primary amides is 1. The number of hydrogen-bond donors (Lipinski definition) is 1. The number of aromatic nitrogens is 1. The minimum Gasteiger partial charge on any atom is -0.351 e. The summed E-state index contributed by atoms with van der Waals surface area (Å²) in [5.41, 5.74) is 10.4. The smallest absolute Gasteiger partial charge is 0.324 e. The molecule has 6 heteroatoms. The number of nitrogens with two attached hydrogens (primary N) is 1. The van der Waals surface area contributed by atoms with Crippen LogP contribution in [0.2, 0.25) is 5.02 Å². The second kappa shape index (κ2) is 8.76. The summed E-state index contributed by atoms with van der Waals surface area (Å²) in [6.07, 6.45) is 2.37. The standard InChI is InChI=1S/C22H24ClN3OS/c1-4-14-10-9-11-15(5-2)20(14)26(22(24)27)21-19(25-18(6-3)28-21)16-12-7-8-13-17(16)23/h7-13H,4-6H2,1-3H3,(H2,24,27). The van der Waals surface area contributed by atoms with E-state index < -0.39 is 6.03 Å². The Hall–Kier alpha value is -2.37. The molecule has 4 nitrogen and oxygen atoms in total. The molecule has 1 aromatic heterocycles. The molecule has 0 radical (unpaired) electrons. The van der Waals surface area contributed by atoms with Crippen LogP contribution >= 0.6 is 22.9 Å². The number of anilines is 2. The summed E-state index contributed by atoms with van der Waals surface area (Å²) in [7, 11) is 0. The van der Waals surface area contributed by atoms with E-state index in [1.807, 2.05) is 49.4 Å². The van der Waals surface area contributed by atoms with E-state index in [2.05, 4.69) is 13.8 Å². The van der Waals surface area contributed by atoms with Crippen LogP contribution in [0.3, 0.4) is 0 Å². The fourth-order valence-electron chi connectivity index (χ4n) is 3.30. The maximum absolute atomic E-state index is 12.7. The maximum Gasteiger partial charge on any atom is 0.324 e. The van der Waals surface area contributed by atoms with Gasteiger partial charge in [0.1, 0.15) is 10.7 Å². The minimum absolute atomic E-state index is 0.518. The van der Waals surface area contributed by atoms with E-state index in [0.29, 0.717) is 15.7 Å². The van der Waals surface area contributed by atoms with Crippen molar-refractivity contribution in [1.82, 2.24) is 4.98 Å². The number of halogens is 1. The number of hydrogen-bond acceptors (Lipinski definition) is 3. The average Bonchev–Trinajstić information content (AvgIpc) is 3.12. The van der Waals surface area contributed by atoms with Crippen LogP contribution in [-0.4, -0.2) is 11.0 Å². The quantitative estimate of drug-likeness (QED) is 0.510. The molecule has 1 heterocycles. The number of rotatable bonds is 6. The van der Waals surface area contributed by atoms with Crippen molar-refractivity contribution >= 4 is 39.7 Å². The van der Waals surface area contributed by atoms with Gasteiger partial charge in [-0.25, -0.2) is 9.78 Å². The highest BCUT2D eigenvalue weighted by Gasteiger charge is 2.27. The molecular formula is C22H24ClN3OS. The van der Waals surface area contributed by atoms with E-state index >= 15 is 0 Å². The van der Waals surface area contributed by atoms with Gasteiger partial charge < -0.3 is 5.73 Å². The van der Waals surface area contributed by atoms with Crippen LogP contribution in [-0.2, 0) is 19.3 Å². The van der Waals surface area contributed by atoms with Gasteiger partial charge in [0.2, 0.25) is 0 Å². The molecule has 0 aliphatic carbocycles. The van der Waals surface area contributed by atoms with E-state index in [9.17, 15) is 4.79 Å². The van der Waals surface area contributed by atoms with Crippen LogP contribution in [0.4, 0.5) is 15.5 Å². The van der Waals surface area contributed by atoms with Gasteiger partial charge in [0, 0.05) is 5.56 Å². The van der Waals surface area contributed by atoms with E-state index in [1.165, 1.54) is 11.3 Å². The lowest BCUT2D eigenvalue weighted by molar-refractivity contribution is 0.256. The molecule has 0 saturated heterocycles. The van der Waals surface area contributed by atoms with Crippen LogP contribution in [0.1, 0.15) is 36.9 Å². The summed E-state index contributed by atoms with van der Waals surface area (Å²) >= 11 is 7.95. The summed E-state index contributed by atoms with van der Waals surface area (Å²) in [5, 5.41) is 2.25. The summed E-state index contributed by atoms with van der Waals surface area (Å²) in [6.45, 7) is 6.21. The van der Waals surface area contributed by atoms with E-state index in [0.717, 1.165) is 46.6 Å². The van der Waals surface area contributed by atoms with Crippen molar-refractivity contribution in [2.24, 2.45) is 5.73 Å². The molecule has 0 aliphatic heterocycles. The molecule has 28 heavy (non-hydrogen) atoms. The van der Waals surface area contributed by atoms with Gasteiger partial charge in [-0.1, -0.05) is 68.8 Å². The Morgan fingerprint density at radius 3 is 2.21 bits per heavy atom. The number of nitrogens with zero attached hydrogens (tertiary/aromatic N) is 2. The normalized spacial score (nSPS) is 10.9. The average molecular weight is 414 g/mol. The Kier molecular flexibility index (Phi) is 6.37. The number of para-hydroxylation sites is 1. The molecule has 146 valence electrons. The Balaban J connectivity index is 2.30. The molecule has 2 amide bonds. The molecule has 0 aliphatic rings. The monoisotopic (exact) mass is 413 g/mol. The molecule has 3 aromatic rings. The largest absolute Gasteiger partial charge is 0.351 e. The van der Waals surface area contributed by atoms with Crippen molar-refractivity contribution in [2.75, 3.05) is 4.90 Å². The molecule has 2 aromatic carbocycles. The summed E-state index contributed by atoms with van der Waals surface area (Å²) in [5.74, 6) is 0. The van der Waals surface area contributed by atoms with Gasteiger partial charge in [-0.15, -0.1) is 11.3 Å². The Morgan fingerprint density at radius 2 is 1.68 bits per heavy atom. The zero-order chi connectivity index (χ0) is 20.3. The number of benzene rings is 2. The lowest BCUT2D eigenvalue weighted by Gasteiger charge is -2.25. The van der Waals surface area contributed by atoms with Crippen LogP contribution in [0.15, 0.2) is 42.5 Å². The van der Waals surface area contributed by atoms with Crippen LogP contribution in [0.25, 0.3) is 11.3 Å². The van der Waals surface area contributed by atoms with Crippen molar-refractivity contribution in [3.05, 3.63) is 63.6 Å². The van der Waals surface area contributed by atoms with Gasteiger partial charge in [-0.3, -0.25) is 4.90 Å². The fourth-order valence-corrected chi connectivity index (χ4v) is 4.56. The minimum atomic E-state index is -0.518. The first-order valence-electron chi connectivity index (χ1n) is 9.46. The zero-order valence-corrected chi connectivity index (χ0v) is 17.9. The van der Waals surface area contributed by atoms with Crippen LogP contribution < -0.4 is 10.6 Å². The second-order valence-corrected chi connectivity index (χ2v) is 7.87. The predicted molar refractivity (Wildman–Crippen MR) is 119 cm³/mol. The highest BCUT2D eigenvalue weighted by Crippen LogP contribution is 2.44. The number of aryl methyl sites for hydroxylation is 3. The molecule has 0 spiro atoms.